The first-order valence-electron chi connectivity index (χ1n) is 5.90. The fraction of sp³-hybridized carbons (Fsp3) is 0.833. The summed E-state index contributed by atoms with van der Waals surface area (Å²) in [4.78, 5) is 24.3. The maximum atomic E-state index is 11.5. The van der Waals surface area contributed by atoms with Crippen LogP contribution < -0.4 is 0 Å². The van der Waals surface area contributed by atoms with Crippen LogP contribution in [0.15, 0.2) is 0 Å². The first-order valence-corrected chi connectivity index (χ1v) is 5.90. The summed E-state index contributed by atoms with van der Waals surface area (Å²) >= 11 is 0. The Morgan fingerprint density at radius 3 is 2.47 bits per heavy atom. The lowest BCUT2D eigenvalue weighted by atomic mass is 9.82. The molecule has 0 saturated carbocycles. The number of hydrogen-bond donors (Lipinski definition) is 1. The van der Waals surface area contributed by atoms with Gasteiger partial charge in [-0.2, -0.15) is 0 Å². The third-order valence-corrected chi connectivity index (χ3v) is 3.64. The summed E-state index contributed by atoms with van der Waals surface area (Å²) in [5.74, 6) is -0.921. The van der Waals surface area contributed by atoms with Gasteiger partial charge >= 0.3 is 5.97 Å². The highest BCUT2D eigenvalue weighted by molar-refractivity contribution is 5.86. The van der Waals surface area contributed by atoms with Crippen LogP contribution in [0.3, 0.4) is 0 Å². The van der Waals surface area contributed by atoms with Gasteiger partial charge in [-0.15, -0.1) is 0 Å². The molecular weight excluding hydrogens is 222 g/mol. The summed E-state index contributed by atoms with van der Waals surface area (Å²) in [6, 6.07) is 0. The number of hydrogen-bond acceptors (Lipinski definition) is 3. The van der Waals surface area contributed by atoms with Crippen molar-refractivity contribution in [2.24, 2.45) is 5.92 Å². The average molecular weight is 243 g/mol. The summed E-state index contributed by atoms with van der Waals surface area (Å²) in [7, 11) is 1.55. The maximum absolute atomic E-state index is 11.5. The summed E-state index contributed by atoms with van der Waals surface area (Å²) < 4.78 is 5.57. The molecule has 1 heterocycles. The van der Waals surface area contributed by atoms with Crippen LogP contribution in [0.1, 0.15) is 33.6 Å². The molecule has 0 radical (unpaired) electrons. The van der Waals surface area contributed by atoms with Crippen molar-refractivity contribution in [1.29, 1.82) is 0 Å². The van der Waals surface area contributed by atoms with Crippen molar-refractivity contribution in [3.05, 3.63) is 0 Å². The lowest BCUT2D eigenvalue weighted by molar-refractivity contribution is -0.169. The number of carboxylic acids is 1. The fourth-order valence-electron chi connectivity index (χ4n) is 2.24. The second kappa shape index (κ2) is 5.04. The van der Waals surface area contributed by atoms with Crippen molar-refractivity contribution in [3.8, 4) is 0 Å². The molecule has 17 heavy (non-hydrogen) atoms. The Bertz CT molecular complexity index is 316. The Morgan fingerprint density at radius 1 is 1.47 bits per heavy atom. The van der Waals surface area contributed by atoms with E-state index in [9.17, 15) is 14.7 Å². The van der Waals surface area contributed by atoms with E-state index in [-0.39, 0.29) is 17.9 Å². The Labute approximate surface area is 102 Å². The largest absolute Gasteiger partial charge is 0.479 e. The minimum absolute atomic E-state index is 0.110. The molecular formula is C12H21NO4. The highest BCUT2D eigenvalue weighted by Gasteiger charge is 2.48. The topological polar surface area (TPSA) is 66.8 Å². The van der Waals surface area contributed by atoms with Gasteiger partial charge in [0.05, 0.1) is 6.10 Å². The van der Waals surface area contributed by atoms with Crippen molar-refractivity contribution in [3.63, 3.8) is 0 Å². The van der Waals surface area contributed by atoms with Crippen LogP contribution in [0.5, 0.6) is 0 Å². The Hall–Kier alpha value is -1.10. The van der Waals surface area contributed by atoms with Gasteiger partial charge in [-0.1, -0.05) is 13.8 Å². The van der Waals surface area contributed by atoms with Gasteiger partial charge in [0.15, 0.2) is 0 Å². The van der Waals surface area contributed by atoms with E-state index >= 15 is 0 Å². The van der Waals surface area contributed by atoms with E-state index in [1.165, 1.54) is 11.8 Å². The molecule has 0 aromatic rings. The number of carboxylic acid groups (broad SMARTS) is 1. The minimum atomic E-state index is -1.11. The van der Waals surface area contributed by atoms with E-state index in [0.29, 0.717) is 19.4 Å². The molecule has 1 aliphatic heterocycles. The molecule has 2 atom stereocenters. The van der Waals surface area contributed by atoms with Crippen LogP contribution >= 0.6 is 0 Å². The Morgan fingerprint density at radius 2 is 2.06 bits per heavy atom. The van der Waals surface area contributed by atoms with Crippen molar-refractivity contribution in [1.82, 2.24) is 4.90 Å². The number of amides is 1. The van der Waals surface area contributed by atoms with Crippen LogP contribution in [-0.2, 0) is 14.3 Å². The van der Waals surface area contributed by atoms with Crippen LogP contribution in [0.2, 0.25) is 0 Å². The average Bonchev–Trinajstić information content (AvgIpc) is 2.27. The molecule has 5 nitrogen and oxygen atoms in total. The van der Waals surface area contributed by atoms with Crippen LogP contribution in [-0.4, -0.2) is 47.2 Å². The van der Waals surface area contributed by atoms with Gasteiger partial charge in [-0.25, -0.2) is 4.79 Å². The van der Waals surface area contributed by atoms with Crippen LogP contribution in [0.25, 0.3) is 0 Å². The molecule has 1 saturated heterocycles. The zero-order chi connectivity index (χ0) is 13.2. The number of rotatable bonds is 3. The molecule has 2 unspecified atom stereocenters. The van der Waals surface area contributed by atoms with Gasteiger partial charge in [0.1, 0.15) is 5.54 Å². The van der Waals surface area contributed by atoms with E-state index in [1.54, 1.807) is 7.05 Å². The van der Waals surface area contributed by atoms with E-state index in [4.69, 9.17) is 4.74 Å². The molecule has 1 rings (SSSR count). The number of carbonyl (C=O) groups excluding carboxylic acids is 1. The molecule has 1 aliphatic rings. The van der Waals surface area contributed by atoms with Gasteiger partial charge in [0.2, 0.25) is 5.91 Å². The quantitative estimate of drug-likeness (QED) is 0.806. The van der Waals surface area contributed by atoms with Gasteiger partial charge < -0.3 is 14.7 Å². The standard InChI is InChI=1S/C12H21NO4/c1-8(2)10-7-12(11(15)16,5-6-17-10)13(4)9(3)14/h8,10H,5-7H2,1-4H3,(H,15,16). The van der Waals surface area contributed by atoms with E-state index in [0.717, 1.165) is 0 Å². The number of ether oxygens (including phenoxy) is 1. The van der Waals surface area contributed by atoms with Crippen LogP contribution in [0, 0.1) is 5.92 Å². The summed E-state index contributed by atoms with van der Waals surface area (Å²) in [6.07, 6.45) is 0.596. The van der Waals surface area contributed by atoms with Gasteiger partial charge in [-0.05, 0) is 5.92 Å². The second-order valence-electron chi connectivity index (χ2n) is 5.02. The minimum Gasteiger partial charge on any atom is -0.479 e. The number of likely N-dealkylation sites (N-methyl/N-ethyl adjacent to an activating group) is 1. The third kappa shape index (κ3) is 2.60. The highest BCUT2D eigenvalue weighted by Crippen LogP contribution is 2.33. The van der Waals surface area contributed by atoms with Crippen molar-refractivity contribution in [2.75, 3.05) is 13.7 Å². The predicted octanol–water partition coefficient (Wildman–Crippen LogP) is 1.12. The Balaban J connectivity index is 2.99. The highest BCUT2D eigenvalue weighted by atomic mass is 16.5. The lowest BCUT2D eigenvalue weighted by Gasteiger charge is -2.44. The molecule has 1 amide bonds. The number of aliphatic carboxylic acids is 1. The molecule has 0 spiro atoms. The molecule has 1 N–H and O–H groups in total. The van der Waals surface area contributed by atoms with E-state index in [2.05, 4.69) is 0 Å². The first kappa shape index (κ1) is 14.0. The maximum Gasteiger partial charge on any atom is 0.329 e. The monoisotopic (exact) mass is 243 g/mol. The summed E-state index contributed by atoms with van der Waals surface area (Å²) in [6.45, 7) is 5.77. The van der Waals surface area contributed by atoms with Gasteiger partial charge in [0.25, 0.3) is 0 Å². The number of carbonyl (C=O) groups is 2. The second-order valence-corrected chi connectivity index (χ2v) is 5.02. The van der Waals surface area contributed by atoms with E-state index in [1.807, 2.05) is 13.8 Å². The van der Waals surface area contributed by atoms with Crippen molar-refractivity contribution >= 4 is 11.9 Å². The van der Waals surface area contributed by atoms with E-state index < -0.39 is 11.5 Å². The zero-order valence-corrected chi connectivity index (χ0v) is 10.9. The van der Waals surface area contributed by atoms with Gasteiger partial charge in [-0.3, -0.25) is 4.79 Å². The molecule has 5 heteroatoms. The van der Waals surface area contributed by atoms with Crippen molar-refractivity contribution in [2.45, 2.75) is 45.3 Å². The molecule has 1 fully saturated rings. The lowest BCUT2D eigenvalue weighted by Crippen LogP contribution is -2.59. The first-order chi connectivity index (χ1) is 7.81. The SMILES string of the molecule is CC(=O)N(C)C1(C(=O)O)CCOC(C(C)C)C1. The predicted molar refractivity (Wildman–Crippen MR) is 62.6 cm³/mol. The molecule has 0 aliphatic carbocycles. The molecule has 0 aromatic carbocycles. The Kier molecular flexibility index (Phi) is 4.14. The van der Waals surface area contributed by atoms with Crippen LogP contribution in [0.4, 0.5) is 0 Å². The van der Waals surface area contributed by atoms with Crippen molar-refractivity contribution < 1.29 is 19.4 Å². The molecule has 98 valence electrons. The normalized spacial score (nSPS) is 29.1. The zero-order valence-electron chi connectivity index (χ0n) is 10.9. The number of nitrogens with zero attached hydrogens (tertiary/aromatic N) is 1. The summed E-state index contributed by atoms with van der Waals surface area (Å²) in [5.41, 5.74) is -1.11. The smallest absolute Gasteiger partial charge is 0.329 e. The van der Waals surface area contributed by atoms with Gasteiger partial charge in [0, 0.05) is 33.4 Å². The summed E-state index contributed by atoms with van der Waals surface area (Å²) in [5, 5.41) is 9.46. The molecule has 0 aromatic heterocycles. The third-order valence-electron chi connectivity index (χ3n) is 3.64. The molecule has 0 bridgehead atoms. The fourth-order valence-corrected chi connectivity index (χ4v) is 2.24.